The Morgan fingerprint density at radius 1 is 0.600 bits per heavy atom. The Morgan fingerprint density at radius 2 is 1.03 bits per heavy atom. The number of ketones is 1. The number of hydrogen-bond acceptors (Lipinski definition) is 1. The highest BCUT2D eigenvalue weighted by Gasteiger charge is 2.52. The molecule has 5 aliphatic carbocycles. The summed E-state index contributed by atoms with van der Waals surface area (Å²) in [6.07, 6.45) is 1.95. The van der Waals surface area contributed by atoms with Gasteiger partial charge in [0.1, 0.15) is 0 Å². The average Bonchev–Trinajstić information content (AvgIpc) is 3.04. The van der Waals surface area contributed by atoms with Gasteiger partial charge in [-0.25, -0.2) is 0 Å². The number of allylic oxidation sites excluding steroid dienone is 2. The molecule has 0 spiro atoms. The molecule has 3 aromatic rings. The molecule has 0 heterocycles. The normalized spacial score (nSPS) is 26.8. The zero-order chi connectivity index (χ0) is 20.4. The molecule has 0 amide bonds. The summed E-state index contributed by atoms with van der Waals surface area (Å²) in [5.74, 6) is 1.22. The van der Waals surface area contributed by atoms with Gasteiger partial charge in [-0.05, 0) is 56.0 Å². The van der Waals surface area contributed by atoms with Gasteiger partial charge in [0.15, 0.2) is 5.78 Å². The Labute approximate surface area is 177 Å². The highest BCUT2D eigenvalue weighted by Crippen LogP contribution is 2.63. The zero-order valence-corrected chi connectivity index (χ0v) is 17.6. The van der Waals surface area contributed by atoms with Crippen LogP contribution >= 0.6 is 0 Å². The van der Waals surface area contributed by atoms with Gasteiger partial charge in [-0.2, -0.15) is 0 Å². The number of carbonyl (C=O) groups excluding carboxylic acids is 1. The fraction of sp³-hybridized carbons (Fsp3) is 0.276. The van der Waals surface area contributed by atoms with Gasteiger partial charge < -0.3 is 0 Å². The van der Waals surface area contributed by atoms with E-state index in [0.29, 0.717) is 11.7 Å². The lowest BCUT2D eigenvalue weighted by atomic mass is 9.56. The van der Waals surface area contributed by atoms with Crippen molar-refractivity contribution in [1.29, 1.82) is 0 Å². The molecule has 30 heavy (non-hydrogen) atoms. The van der Waals surface area contributed by atoms with Crippen LogP contribution in [0.3, 0.4) is 0 Å². The molecule has 0 radical (unpaired) electrons. The minimum absolute atomic E-state index is 0.0286. The summed E-state index contributed by atoms with van der Waals surface area (Å²) in [6.45, 7) is 6.71. The van der Waals surface area contributed by atoms with Crippen molar-refractivity contribution >= 4 is 5.78 Å². The Bertz CT molecular complexity index is 1270. The van der Waals surface area contributed by atoms with Gasteiger partial charge in [-0.15, -0.1) is 0 Å². The summed E-state index contributed by atoms with van der Waals surface area (Å²) in [7, 11) is 0. The standard InChI is InChI=1S/C29H24O/c1-29(2,3)23-14-24(30)28-22-13-20-19(12-21(22)27(23)28)25-15-8-4-6-10-17(15)26(20)18-11-7-5-9-16(18)25/h4-14,25-28H,1-3H3. The van der Waals surface area contributed by atoms with Gasteiger partial charge >= 0.3 is 0 Å². The van der Waals surface area contributed by atoms with Crippen molar-refractivity contribution in [3.05, 3.63) is 117 Å². The minimum atomic E-state index is 0.0286. The third kappa shape index (κ3) is 1.83. The summed E-state index contributed by atoms with van der Waals surface area (Å²) in [5.41, 5.74) is 12.7. The van der Waals surface area contributed by atoms with Crippen LogP contribution in [-0.2, 0) is 4.79 Å². The van der Waals surface area contributed by atoms with Crippen LogP contribution in [0.2, 0.25) is 0 Å². The molecule has 0 aromatic heterocycles. The Morgan fingerprint density at radius 3 is 1.47 bits per heavy atom. The predicted molar refractivity (Wildman–Crippen MR) is 119 cm³/mol. The van der Waals surface area contributed by atoms with Crippen molar-refractivity contribution in [3.63, 3.8) is 0 Å². The maximum atomic E-state index is 12.9. The van der Waals surface area contributed by atoms with E-state index in [9.17, 15) is 4.79 Å². The molecule has 0 saturated heterocycles. The molecule has 5 aliphatic rings. The molecule has 0 aliphatic heterocycles. The van der Waals surface area contributed by atoms with Crippen LogP contribution in [-0.4, -0.2) is 5.78 Å². The third-order valence-electron chi connectivity index (χ3n) is 7.96. The summed E-state index contributed by atoms with van der Waals surface area (Å²) < 4.78 is 0. The van der Waals surface area contributed by atoms with Crippen LogP contribution in [0.4, 0.5) is 0 Å². The maximum Gasteiger partial charge on any atom is 0.164 e. The molecule has 146 valence electrons. The smallest absolute Gasteiger partial charge is 0.164 e. The molecule has 0 N–H and O–H groups in total. The quantitative estimate of drug-likeness (QED) is 0.300. The van der Waals surface area contributed by atoms with Crippen LogP contribution in [0.1, 0.15) is 89.0 Å². The van der Waals surface area contributed by atoms with E-state index in [4.69, 9.17) is 0 Å². The molecule has 2 bridgehead atoms. The summed E-state index contributed by atoms with van der Waals surface area (Å²) in [6, 6.07) is 22.8. The Balaban J connectivity index is 1.47. The van der Waals surface area contributed by atoms with E-state index in [1.54, 1.807) is 0 Å². The van der Waals surface area contributed by atoms with Crippen molar-refractivity contribution in [2.45, 2.75) is 44.4 Å². The lowest BCUT2D eigenvalue weighted by molar-refractivity contribution is -0.116. The lowest BCUT2D eigenvalue weighted by Gasteiger charge is -2.46. The molecule has 2 unspecified atom stereocenters. The topological polar surface area (TPSA) is 17.1 Å². The second kappa shape index (κ2) is 5.21. The van der Waals surface area contributed by atoms with Crippen LogP contribution in [0.15, 0.2) is 72.3 Å². The summed E-state index contributed by atoms with van der Waals surface area (Å²) in [4.78, 5) is 12.9. The van der Waals surface area contributed by atoms with Crippen LogP contribution in [0.25, 0.3) is 0 Å². The first-order valence-corrected chi connectivity index (χ1v) is 11.1. The van der Waals surface area contributed by atoms with E-state index in [-0.39, 0.29) is 23.2 Å². The first-order chi connectivity index (χ1) is 14.4. The molecule has 1 heteroatoms. The SMILES string of the molecule is CC(C)(C)C1=CC(=O)C2c3cc4c(cc3C12)C1c2ccccc2C4c2ccccc21. The lowest BCUT2D eigenvalue weighted by Crippen LogP contribution is -2.33. The number of carbonyl (C=O) groups is 1. The molecule has 8 rings (SSSR count). The van der Waals surface area contributed by atoms with Gasteiger partial charge in [0, 0.05) is 17.8 Å². The first kappa shape index (κ1) is 16.8. The molecular weight excluding hydrogens is 364 g/mol. The summed E-state index contributed by atoms with van der Waals surface area (Å²) in [5, 5.41) is 0. The van der Waals surface area contributed by atoms with Crippen molar-refractivity contribution in [1.82, 2.24) is 0 Å². The van der Waals surface area contributed by atoms with Crippen molar-refractivity contribution in [2.75, 3.05) is 0 Å². The second-order valence-corrected chi connectivity index (χ2v) is 10.4. The third-order valence-corrected chi connectivity index (χ3v) is 7.96. The number of hydrogen-bond donors (Lipinski definition) is 0. The van der Waals surface area contributed by atoms with E-state index in [1.165, 1.54) is 50.1 Å². The van der Waals surface area contributed by atoms with E-state index in [1.807, 2.05) is 6.08 Å². The van der Waals surface area contributed by atoms with Gasteiger partial charge in [0.2, 0.25) is 0 Å². The molecule has 3 aromatic carbocycles. The molecule has 0 saturated carbocycles. The first-order valence-electron chi connectivity index (χ1n) is 11.1. The number of fused-ring (bicyclic) bond motifs is 4. The minimum Gasteiger partial charge on any atom is -0.294 e. The van der Waals surface area contributed by atoms with E-state index < -0.39 is 0 Å². The Hall–Kier alpha value is -2.93. The van der Waals surface area contributed by atoms with Crippen molar-refractivity contribution < 1.29 is 4.79 Å². The van der Waals surface area contributed by atoms with Crippen LogP contribution < -0.4 is 0 Å². The van der Waals surface area contributed by atoms with Crippen molar-refractivity contribution in [3.8, 4) is 0 Å². The fourth-order valence-corrected chi connectivity index (χ4v) is 6.73. The largest absolute Gasteiger partial charge is 0.294 e. The van der Waals surface area contributed by atoms with E-state index in [0.717, 1.165) is 0 Å². The monoisotopic (exact) mass is 388 g/mol. The average molecular weight is 389 g/mol. The van der Waals surface area contributed by atoms with Gasteiger partial charge in [0.25, 0.3) is 0 Å². The van der Waals surface area contributed by atoms with Gasteiger partial charge in [-0.3, -0.25) is 4.79 Å². The van der Waals surface area contributed by atoms with Crippen LogP contribution in [0.5, 0.6) is 0 Å². The van der Waals surface area contributed by atoms with E-state index in [2.05, 4.69) is 81.4 Å². The molecule has 2 atom stereocenters. The highest BCUT2D eigenvalue weighted by molar-refractivity contribution is 6.03. The Kier molecular flexibility index (Phi) is 2.92. The van der Waals surface area contributed by atoms with Gasteiger partial charge in [-0.1, -0.05) is 87.0 Å². The number of benzene rings is 3. The zero-order valence-electron chi connectivity index (χ0n) is 17.6. The van der Waals surface area contributed by atoms with Gasteiger partial charge in [0.05, 0.1) is 5.92 Å². The molecule has 1 nitrogen and oxygen atoms in total. The van der Waals surface area contributed by atoms with Crippen LogP contribution in [0, 0.1) is 5.41 Å². The van der Waals surface area contributed by atoms with Crippen molar-refractivity contribution in [2.24, 2.45) is 5.41 Å². The maximum absolute atomic E-state index is 12.9. The molecular formula is C29H24O. The molecule has 0 fully saturated rings. The predicted octanol–water partition coefficient (Wildman–Crippen LogP) is 6.41. The van der Waals surface area contributed by atoms with E-state index >= 15 is 0 Å². The number of rotatable bonds is 0. The highest BCUT2D eigenvalue weighted by atomic mass is 16.1. The second-order valence-electron chi connectivity index (χ2n) is 10.4. The fourth-order valence-electron chi connectivity index (χ4n) is 6.73. The summed E-state index contributed by atoms with van der Waals surface area (Å²) >= 11 is 0.